The lowest BCUT2D eigenvalue weighted by atomic mass is 10.1. The van der Waals surface area contributed by atoms with Gasteiger partial charge in [0.1, 0.15) is 17.0 Å². The first-order chi connectivity index (χ1) is 9.06. The molecule has 0 unspecified atom stereocenters. The first-order valence-corrected chi connectivity index (χ1v) is 6.50. The van der Waals surface area contributed by atoms with Crippen molar-refractivity contribution in [2.75, 3.05) is 6.54 Å². The van der Waals surface area contributed by atoms with Crippen LogP contribution in [0.25, 0.3) is 11.3 Å². The Morgan fingerprint density at radius 3 is 2.58 bits per heavy atom. The number of hydrogen-bond donors (Lipinski definition) is 1. The molecule has 2 rings (SSSR count). The van der Waals surface area contributed by atoms with E-state index in [1.807, 2.05) is 6.92 Å². The van der Waals surface area contributed by atoms with Gasteiger partial charge in [0.25, 0.3) is 5.91 Å². The summed E-state index contributed by atoms with van der Waals surface area (Å²) in [5.41, 5.74) is 1.22. The van der Waals surface area contributed by atoms with Crippen molar-refractivity contribution in [2.24, 2.45) is 0 Å². The Kier molecular flexibility index (Phi) is 4.12. The third kappa shape index (κ3) is 2.60. The summed E-state index contributed by atoms with van der Waals surface area (Å²) in [4.78, 5) is 12.0. The molecule has 1 aromatic heterocycles. The molecular formula is C13H12Cl2N2O2. The predicted molar refractivity (Wildman–Crippen MR) is 74.7 cm³/mol. The van der Waals surface area contributed by atoms with Crippen LogP contribution in [0.4, 0.5) is 0 Å². The minimum Gasteiger partial charge on any atom is -0.360 e. The van der Waals surface area contributed by atoms with Crippen molar-refractivity contribution >= 4 is 29.1 Å². The molecule has 2 aromatic rings. The van der Waals surface area contributed by atoms with Crippen LogP contribution >= 0.6 is 23.2 Å². The number of carbonyl (C=O) groups excluding carboxylic acids is 1. The number of benzene rings is 1. The molecule has 4 nitrogen and oxygen atoms in total. The third-order valence-corrected chi connectivity index (χ3v) is 3.26. The van der Waals surface area contributed by atoms with Gasteiger partial charge in [-0.3, -0.25) is 4.79 Å². The second-order valence-corrected chi connectivity index (χ2v) is 4.73. The molecule has 0 radical (unpaired) electrons. The fourth-order valence-corrected chi connectivity index (χ4v) is 2.36. The molecule has 0 aliphatic heterocycles. The number of amides is 1. The van der Waals surface area contributed by atoms with Crippen LogP contribution in [0.1, 0.15) is 23.0 Å². The molecule has 0 saturated heterocycles. The smallest absolute Gasteiger partial charge is 0.257 e. The number of nitrogens with one attached hydrogen (secondary N) is 1. The molecule has 0 fully saturated rings. The normalized spacial score (nSPS) is 10.5. The molecule has 1 aromatic carbocycles. The summed E-state index contributed by atoms with van der Waals surface area (Å²) in [5.74, 6) is 0.171. The average Bonchev–Trinajstić information content (AvgIpc) is 2.71. The van der Waals surface area contributed by atoms with Crippen molar-refractivity contribution in [1.29, 1.82) is 0 Å². The van der Waals surface area contributed by atoms with Crippen molar-refractivity contribution < 1.29 is 9.32 Å². The van der Waals surface area contributed by atoms with Gasteiger partial charge in [0, 0.05) is 12.1 Å². The van der Waals surface area contributed by atoms with E-state index in [0.717, 1.165) is 0 Å². The average molecular weight is 299 g/mol. The van der Waals surface area contributed by atoms with E-state index in [9.17, 15) is 4.79 Å². The number of aromatic nitrogens is 1. The van der Waals surface area contributed by atoms with Gasteiger partial charge in [0.2, 0.25) is 0 Å². The van der Waals surface area contributed by atoms with Gasteiger partial charge in [-0.1, -0.05) is 34.4 Å². The Labute approximate surface area is 120 Å². The van der Waals surface area contributed by atoms with Gasteiger partial charge in [-0.15, -0.1) is 0 Å². The van der Waals surface area contributed by atoms with Gasteiger partial charge in [-0.05, 0) is 26.0 Å². The van der Waals surface area contributed by atoms with Crippen molar-refractivity contribution in [3.8, 4) is 11.3 Å². The standard InChI is InChI=1S/C13H12Cl2N2O2/c1-3-16-13(18)10-7(2)19-17-12(10)11-8(14)5-4-6-9(11)15/h4-6H,3H2,1-2H3,(H,16,18). The highest BCUT2D eigenvalue weighted by molar-refractivity contribution is 6.39. The van der Waals surface area contributed by atoms with E-state index in [4.69, 9.17) is 27.7 Å². The van der Waals surface area contributed by atoms with E-state index in [-0.39, 0.29) is 5.91 Å². The zero-order chi connectivity index (χ0) is 14.0. The van der Waals surface area contributed by atoms with Crippen LogP contribution in [0.2, 0.25) is 10.0 Å². The Morgan fingerprint density at radius 2 is 2.00 bits per heavy atom. The fraction of sp³-hybridized carbons (Fsp3) is 0.231. The maximum absolute atomic E-state index is 12.0. The summed E-state index contributed by atoms with van der Waals surface area (Å²) in [7, 11) is 0. The lowest BCUT2D eigenvalue weighted by Gasteiger charge is -2.06. The highest BCUT2D eigenvalue weighted by Gasteiger charge is 2.24. The Morgan fingerprint density at radius 1 is 1.37 bits per heavy atom. The van der Waals surface area contributed by atoms with Gasteiger partial charge in [-0.25, -0.2) is 0 Å². The third-order valence-electron chi connectivity index (χ3n) is 2.63. The van der Waals surface area contributed by atoms with E-state index in [1.165, 1.54) is 0 Å². The molecule has 0 saturated carbocycles. The van der Waals surface area contributed by atoms with Crippen LogP contribution in [-0.4, -0.2) is 17.6 Å². The van der Waals surface area contributed by atoms with Gasteiger partial charge in [0.05, 0.1) is 10.0 Å². The number of nitrogens with zero attached hydrogens (tertiary/aromatic N) is 1. The summed E-state index contributed by atoms with van der Waals surface area (Å²) in [5, 5.41) is 7.46. The summed E-state index contributed by atoms with van der Waals surface area (Å²) in [6, 6.07) is 5.11. The minimum absolute atomic E-state index is 0.257. The van der Waals surface area contributed by atoms with Crippen molar-refractivity contribution in [3.05, 3.63) is 39.6 Å². The molecule has 0 atom stereocenters. The molecule has 1 N–H and O–H groups in total. The molecule has 0 aliphatic rings. The topological polar surface area (TPSA) is 55.1 Å². The summed E-state index contributed by atoms with van der Waals surface area (Å²) in [6.45, 7) is 4.02. The first kappa shape index (κ1) is 13.9. The summed E-state index contributed by atoms with van der Waals surface area (Å²) >= 11 is 12.3. The number of halogens is 2. The molecule has 0 spiro atoms. The van der Waals surface area contributed by atoms with Crippen LogP contribution in [0.3, 0.4) is 0 Å². The zero-order valence-electron chi connectivity index (χ0n) is 10.5. The monoisotopic (exact) mass is 298 g/mol. The molecule has 6 heteroatoms. The van der Waals surface area contributed by atoms with E-state index in [1.54, 1.807) is 25.1 Å². The Bertz CT molecular complexity index is 603. The second-order valence-electron chi connectivity index (χ2n) is 3.92. The number of carbonyl (C=O) groups is 1. The fourth-order valence-electron chi connectivity index (χ4n) is 1.78. The minimum atomic E-state index is -0.257. The molecule has 0 bridgehead atoms. The van der Waals surface area contributed by atoms with Gasteiger partial charge >= 0.3 is 0 Å². The van der Waals surface area contributed by atoms with E-state index in [0.29, 0.717) is 39.2 Å². The van der Waals surface area contributed by atoms with Crippen molar-refractivity contribution in [2.45, 2.75) is 13.8 Å². The quantitative estimate of drug-likeness (QED) is 0.940. The van der Waals surface area contributed by atoms with Crippen LogP contribution in [0.15, 0.2) is 22.7 Å². The first-order valence-electron chi connectivity index (χ1n) is 5.75. The predicted octanol–water partition coefficient (Wildman–Crippen LogP) is 3.71. The maximum Gasteiger partial charge on any atom is 0.257 e. The number of hydrogen-bond acceptors (Lipinski definition) is 3. The van der Waals surface area contributed by atoms with Crippen LogP contribution in [0, 0.1) is 6.92 Å². The Hall–Kier alpha value is -1.52. The van der Waals surface area contributed by atoms with Crippen molar-refractivity contribution in [3.63, 3.8) is 0 Å². The van der Waals surface area contributed by atoms with Crippen LogP contribution in [-0.2, 0) is 0 Å². The van der Waals surface area contributed by atoms with Crippen LogP contribution < -0.4 is 5.32 Å². The lowest BCUT2D eigenvalue weighted by molar-refractivity contribution is 0.0955. The molecule has 0 aliphatic carbocycles. The highest BCUT2D eigenvalue weighted by atomic mass is 35.5. The second kappa shape index (κ2) is 5.63. The number of rotatable bonds is 3. The summed E-state index contributed by atoms with van der Waals surface area (Å²) < 4.78 is 5.10. The number of aryl methyl sites for hydroxylation is 1. The van der Waals surface area contributed by atoms with E-state index >= 15 is 0 Å². The molecule has 1 amide bonds. The van der Waals surface area contributed by atoms with Gasteiger partial charge < -0.3 is 9.84 Å². The Balaban J connectivity index is 2.61. The zero-order valence-corrected chi connectivity index (χ0v) is 12.0. The van der Waals surface area contributed by atoms with Crippen LogP contribution in [0.5, 0.6) is 0 Å². The van der Waals surface area contributed by atoms with E-state index < -0.39 is 0 Å². The molecule has 1 heterocycles. The highest BCUT2D eigenvalue weighted by Crippen LogP contribution is 2.36. The molecular weight excluding hydrogens is 287 g/mol. The van der Waals surface area contributed by atoms with Gasteiger partial charge in [-0.2, -0.15) is 0 Å². The largest absolute Gasteiger partial charge is 0.360 e. The molecule has 100 valence electrons. The lowest BCUT2D eigenvalue weighted by Crippen LogP contribution is -2.23. The maximum atomic E-state index is 12.0. The summed E-state index contributed by atoms with van der Waals surface area (Å²) in [6.07, 6.45) is 0. The van der Waals surface area contributed by atoms with E-state index in [2.05, 4.69) is 10.5 Å². The van der Waals surface area contributed by atoms with Crippen molar-refractivity contribution in [1.82, 2.24) is 10.5 Å². The SMILES string of the molecule is CCNC(=O)c1c(-c2c(Cl)cccc2Cl)noc1C. The van der Waals surface area contributed by atoms with Gasteiger partial charge in [0.15, 0.2) is 0 Å². The molecule has 19 heavy (non-hydrogen) atoms.